The highest BCUT2D eigenvalue weighted by Crippen LogP contribution is 2.40. The lowest BCUT2D eigenvalue weighted by molar-refractivity contribution is -0.124. The molecule has 264 valence electrons. The molecule has 2 aliphatic rings. The molecule has 2 fully saturated rings. The lowest BCUT2D eigenvalue weighted by Gasteiger charge is -2.31. The van der Waals surface area contributed by atoms with Crippen molar-refractivity contribution in [2.45, 2.75) is 57.0 Å². The largest absolute Gasteiger partial charge is 0.473 e. The fraction of sp³-hybridized carbons (Fsp3) is 0.395. The van der Waals surface area contributed by atoms with E-state index in [1.54, 1.807) is 80.8 Å². The van der Waals surface area contributed by atoms with Gasteiger partial charge in [-0.3, -0.25) is 9.69 Å². The molecule has 4 heterocycles. The van der Waals surface area contributed by atoms with Crippen molar-refractivity contribution in [3.05, 3.63) is 102 Å². The number of carbonyl (C=O) groups is 1. The number of carbonyl (C=O) groups excluding carboxylic acids is 1. The number of nitrogens with zero attached hydrogens (tertiary/aromatic N) is 5. The first kappa shape index (κ1) is 35.3. The van der Waals surface area contributed by atoms with Crippen molar-refractivity contribution in [3.8, 4) is 5.88 Å². The number of alkyl halides is 3. The quantitative estimate of drug-likeness (QED) is 0.0966. The minimum absolute atomic E-state index is 0.0417. The first-order valence-electron chi connectivity index (χ1n) is 16.9. The Hall–Kier alpha value is -4.55. The van der Waals surface area contributed by atoms with Gasteiger partial charge in [0.15, 0.2) is 6.23 Å². The zero-order valence-corrected chi connectivity index (χ0v) is 28.2. The molecule has 0 spiro atoms. The number of hydrogen-bond acceptors (Lipinski definition) is 6. The fourth-order valence-electron chi connectivity index (χ4n) is 6.58. The number of likely N-dealkylation sites (N-methyl/N-ethyl adjacent to an activating group) is 1. The van der Waals surface area contributed by atoms with Crippen LogP contribution >= 0.6 is 0 Å². The zero-order valence-electron chi connectivity index (χ0n) is 28.2. The van der Waals surface area contributed by atoms with Gasteiger partial charge < -0.3 is 14.4 Å². The van der Waals surface area contributed by atoms with Gasteiger partial charge in [0.05, 0.1) is 17.3 Å². The van der Waals surface area contributed by atoms with Gasteiger partial charge in [0, 0.05) is 57.7 Å². The molecule has 1 unspecified atom stereocenters. The Kier molecular flexibility index (Phi) is 11.0. The summed E-state index contributed by atoms with van der Waals surface area (Å²) in [7, 11) is 3.41. The number of allylic oxidation sites excluding steroid dienone is 1. The number of ether oxygens (including phenoxy) is 2. The first-order chi connectivity index (χ1) is 24.1. The summed E-state index contributed by atoms with van der Waals surface area (Å²) >= 11 is 0. The van der Waals surface area contributed by atoms with Gasteiger partial charge in [0.1, 0.15) is 6.10 Å². The number of aromatic nitrogens is 3. The predicted octanol–water partition coefficient (Wildman–Crippen LogP) is 7.67. The van der Waals surface area contributed by atoms with E-state index in [1.165, 1.54) is 15.8 Å². The third-order valence-electron chi connectivity index (χ3n) is 9.02. The Bertz CT molecular complexity index is 1830. The van der Waals surface area contributed by atoms with Crippen LogP contribution in [-0.2, 0) is 9.53 Å². The standard InChI is InChI=1S/C38H41F4N5O3/c1-45(2)34(48)13-9-20-46-19-8-12-29(25-46)50-33-18-16-28(24-43-33)36(31(23-38(40,41)42)26-10-4-3-5-11-26)27-15-17-32-30(22-27)37(39)44-47(32)35-14-6-7-21-49-35/h3-5,9-11,13,15-18,22,24,29,35H,6-8,12,14,19-21,23,25H2,1-2H3/b13-9+,36-31-/t29-,35?/m1/s1. The molecule has 6 rings (SSSR count). The molecule has 12 heteroatoms. The van der Waals surface area contributed by atoms with E-state index < -0.39 is 24.8 Å². The minimum atomic E-state index is -4.52. The van der Waals surface area contributed by atoms with Crippen molar-refractivity contribution in [1.82, 2.24) is 24.6 Å². The average Bonchev–Trinajstić information content (AvgIpc) is 3.44. The Morgan fingerprint density at radius 3 is 2.52 bits per heavy atom. The van der Waals surface area contributed by atoms with Crippen molar-refractivity contribution >= 4 is 28.0 Å². The van der Waals surface area contributed by atoms with Crippen LogP contribution < -0.4 is 4.74 Å². The second-order valence-electron chi connectivity index (χ2n) is 13.0. The van der Waals surface area contributed by atoms with Crippen LogP contribution in [0.15, 0.2) is 79.0 Å². The van der Waals surface area contributed by atoms with Gasteiger partial charge in [-0.15, -0.1) is 5.10 Å². The number of piperidine rings is 1. The third-order valence-corrected chi connectivity index (χ3v) is 9.02. The third kappa shape index (κ3) is 8.59. The van der Waals surface area contributed by atoms with Gasteiger partial charge in [0.25, 0.3) is 0 Å². The van der Waals surface area contributed by atoms with Crippen LogP contribution in [0, 0.1) is 5.95 Å². The summed E-state index contributed by atoms with van der Waals surface area (Å²) in [5.41, 5.74) is 2.08. The molecule has 0 saturated carbocycles. The molecule has 0 N–H and O–H groups in total. The zero-order chi connectivity index (χ0) is 35.3. The van der Waals surface area contributed by atoms with E-state index >= 15 is 4.39 Å². The predicted molar refractivity (Wildman–Crippen MR) is 184 cm³/mol. The van der Waals surface area contributed by atoms with E-state index in [4.69, 9.17) is 9.47 Å². The van der Waals surface area contributed by atoms with Gasteiger partial charge in [-0.25, -0.2) is 9.67 Å². The molecule has 0 aliphatic carbocycles. The molecule has 4 aromatic rings. The number of pyridine rings is 1. The van der Waals surface area contributed by atoms with Crippen LogP contribution in [0.2, 0.25) is 0 Å². The fourth-order valence-corrected chi connectivity index (χ4v) is 6.58. The molecule has 0 bridgehead atoms. The number of fused-ring (bicyclic) bond motifs is 1. The lowest BCUT2D eigenvalue weighted by Crippen LogP contribution is -2.41. The maximum atomic E-state index is 15.4. The van der Waals surface area contributed by atoms with E-state index in [-0.39, 0.29) is 23.0 Å². The van der Waals surface area contributed by atoms with E-state index in [2.05, 4.69) is 15.0 Å². The summed E-state index contributed by atoms with van der Waals surface area (Å²) in [6.45, 7) is 2.68. The summed E-state index contributed by atoms with van der Waals surface area (Å²) in [5.74, 6) is -0.436. The molecule has 2 atom stereocenters. The van der Waals surface area contributed by atoms with Gasteiger partial charge in [0.2, 0.25) is 17.7 Å². The van der Waals surface area contributed by atoms with Crippen LogP contribution in [0.3, 0.4) is 0 Å². The molecule has 2 aromatic carbocycles. The summed E-state index contributed by atoms with van der Waals surface area (Å²) in [4.78, 5) is 20.1. The van der Waals surface area contributed by atoms with E-state index in [1.807, 2.05) is 6.08 Å². The van der Waals surface area contributed by atoms with Crippen molar-refractivity contribution < 1.29 is 31.8 Å². The highest BCUT2D eigenvalue weighted by atomic mass is 19.4. The molecular formula is C38H41F4N5O3. The van der Waals surface area contributed by atoms with E-state index in [0.29, 0.717) is 59.8 Å². The Morgan fingerprint density at radius 2 is 1.82 bits per heavy atom. The second-order valence-corrected chi connectivity index (χ2v) is 13.0. The van der Waals surface area contributed by atoms with E-state index in [9.17, 15) is 18.0 Å². The normalized spacial score (nSPS) is 19.5. The molecular weight excluding hydrogens is 650 g/mol. The summed E-state index contributed by atoms with van der Waals surface area (Å²) < 4.78 is 71.7. The molecule has 2 saturated heterocycles. The second kappa shape index (κ2) is 15.6. The van der Waals surface area contributed by atoms with Crippen LogP contribution in [-0.4, -0.2) is 83.1 Å². The summed E-state index contributed by atoms with van der Waals surface area (Å²) in [6, 6.07) is 16.8. The summed E-state index contributed by atoms with van der Waals surface area (Å²) in [6.07, 6.45) is 2.92. The van der Waals surface area contributed by atoms with Gasteiger partial charge in [-0.2, -0.15) is 17.6 Å². The average molecular weight is 692 g/mol. The molecule has 8 nitrogen and oxygen atoms in total. The van der Waals surface area contributed by atoms with Crippen molar-refractivity contribution in [1.29, 1.82) is 0 Å². The van der Waals surface area contributed by atoms with Gasteiger partial charge in [-0.05, 0) is 79.1 Å². The monoisotopic (exact) mass is 691 g/mol. The van der Waals surface area contributed by atoms with Crippen LogP contribution in [0.25, 0.3) is 22.0 Å². The Labute approximate surface area is 289 Å². The first-order valence-corrected chi connectivity index (χ1v) is 16.9. The molecule has 50 heavy (non-hydrogen) atoms. The van der Waals surface area contributed by atoms with Crippen molar-refractivity contribution in [2.24, 2.45) is 0 Å². The smallest absolute Gasteiger partial charge is 0.393 e. The number of amides is 1. The molecule has 2 aromatic heterocycles. The van der Waals surface area contributed by atoms with Crippen molar-refractivity contribution in [3.63, 3.8) is 0 Å². The molecule has 2 aliphatic heterocycles. The number of benzene rings is 2. The van der Waals surface area contributed by atoms with Gasteiger partial charge >= 0.3 is 6.18 Å². The summed E-state index contributed by atoms with van der Waals surface area (Å²) in [5, 5.41) is 4.33. The Morgan fingerprint density at radius 1 is 1.02 bits per heavy atom. The molecule has 1 amide bonds. The number of likely N-dealkylation sites (tertiary alicyclic amines) is 1. The topological polar surface area (TPSA) is 72.7 Å². The van der Waals surface area contributed by atoms with Gasteiger partial charge in [-0.1, -0.05) is 42.5 Å². The SMILES string of the molecule is CN(C)C(=O)/C=C/CN1CCC[C@@H](Oc2ccc(/C(=C(/CC(F)(F)F)c3ccccc3)c3ccc4c(c3)c(F)nn4C3CCCCO3)cn2)C1. The number of hydrogen-bond donors (Lipinski definition) is 0. The van der Waals surface area contributed by atoms with Crippen LogP contribution in [0.4, 0.5) is 17.6 Å². The highest BCUT2D eigenvalue weighted by Gasteiger charge is 2.32. The lowest BCUT2D eigenvalue weighted by atomic mass is 9.88. The van der Waals surface area contributed by atoms with Crippen molar-refractivity contribution in [2.75, 3.05) is 40.3 Å². The number of halogens is 4. The molecule has 0 radical (unpaired) electrons. The van der Waals surface area contributed by atoms with Crippen LogP contribution in [0.5, 0.6) is 5.88 Å². The van der Waals surface area contributed by atoms with Crippen LogP contribution in [0.1, 0.15) is 61.4 Å². The minimum Gasteiger partial charge on any atom is -0.473 e. The highest BCUT2D eigenvalue weighted by molar-refractivity contribution is 6.00. The Balaban J connectivity index is 1.33. The number of rotatable bonds is 10. The maximum absolute atomic E-state index is 15.4. The maximum Gasteiger partial charge on any atom is 0.393 e. The van der Waals surface area contributed by atoms with E-state index in [0.717, 1.165) is 32.2 Å².